The third-order valence-electron chi connectivity index (χ3n) is 5.32. The molecule has 1 heterocycles. The third kappa shape index (κ3) is 5.59. The number of hydrogen-bond acceptors (Lipinski definition) is 7. The summed E-state index contributed by atoms with van der Waals surface area (Å²) < 4.78 is 51.8. The molecule has 8 nitrogen and oxygen atoms in total. The summed E-state index contributed by atoms with van der Waals surface area (Å²) in [6, 6.07) is 19.6. The second-order valence-electron chi connectivity index (χ2n) is 7.82. The SMILES string of the molecule is CCN(Cc1ccccc1)S(=O)(=O)c1ccc(C(=O)Nc2nc3ccc(S(C)(=O)=O)cc3s2)cc1. The predicted octanol–water partition coefficient (Wildman–Crippen LogP) is 4.16. The maximum Gasteiger partial charge on any atom is 0.257 e. The van der Waals surface area contributed by atoms with E-state index in [-0.39, 0.29) is 21.9 Å². The Morgan fingerprint density at radius 3 is 2.23 bits per heavy atom. The van der Waals surface area contributed by atoms with Gasteiger partial charge in [-0.3, -0.25) is 10.1 Å². The van der Waals surface area contributed by atoms with Crippen LogP contribution in [0, 0.1) is 0 Å². The van der Waals surface area contributed by atoms with Crippen LogP contribution < -0.4 is 5.32 Å². The Morgan fingerprint density at radius 1 is 0.943 bits per heavy atom. The molecule has 0 unspecified atom stereocenters. The van der Waals surface area contributed by atoms with E-state index in [0.717, 1.165) is 23.2 Å². The molecule has 0 bridgehead atoms. The minimum absolute atomic E-state index is 0.0973. The largest absolute Gasteiger partial charge is 0.298 e. The molecule has 0 radical (unpaired) electrons. The number of hydrogen-bond donors (Lipinski definition) is 1. The maximum atomic E-state index is 13.1. The van der Waals surface area contributed by atoms with Crippen LogP contribution in [-0.2, 0) is 26.4 Å². The highest BCUT2D eigenvalue weighted by molar-refractivity contribution is 7.90. The first-order valence-corrected chi connectivity index (χ1v) is 14.8. The zero-order valence-corrected chi connectivity index (χ0v) is 21.5. The van der Waals surface area contributed by atoms with Crippen LogP contribution in [0.25, 0.3) is 10.2 Å². The highest BCUT2D eigenvalue weighted by Crippen LogP contribution is 2.28. The van der Waals surface area contributed by atoms with Gasteiger partial charge in [-0.1, -0.05) is 48.6 Å². The number of carbonyl (C=O) groups excluding carboxylic acids is 1. The van der Waals surface area contributed by atoms with Crippen molar-refractivity contribution in [1.29, 1.82) is 0 Å². The number of anilines is 1. The van der Waals surface area contributed by atoms with Crippen molar-refractivity contribution < 1.29 is 21.6 Å². The standard InChI is InChI=1S/C24H23N3O5S3/c1-3-27(16-17-7-5-4-6-8-17)35(31,32)19-11-9-18(10-12-19)23(28)26-24-25-21-14-13-20(34(2,29)30)15-22(21)33-24/h4-15H,3,16H2,1-2H3,(H,25,26,28). The number of nitrogens with one attached hydrogen (secondary N) is 1. The lowest BCUT2D eigenvalue weighted by Gasteiger charge is -2.20. The van der Waals surface area contributed by atoms with E-state index in [1.165, 1.54) is 40.7 Å². The van der Waals surface area contributed by atoms with Crippen molar-refractivity contribution in [3.05, 3.63) is 83.9 Å². The van der Waals surface area contributed by atoms with E-state index in [4.69, 9.17) is 0 Å². The van der Waals surface area contributed by atoms with E-state index < -0.39 is 25.8 Å². The zero-order valence-electron chi connectivity index (χ0n) is 19.0. The zero-order chi connectivity index (χ0) is 25.2. The average Bonchev–Trinajstić information content (AvgIpc) is 3.24. The maximum absolute atomic E-state index is 13.1. The molecule has 4 rings (SSSR count). The van der Waals surface area contributed by atoms with Gasteiger partial charge in [-0.15, -0.1) is 0 Å². The fourth-order valence-electron chi connectivity index (χ4n) is 3.44. The summed E-state index contributed by atoms with van der Waals surface area (Å²) in [6.07, 6.45) is 1.13. The summed E-state index contributed by atoms with van der Waals surface area (Å²) >= 11 is 1.16. The molecule has 1 N–H and O–H groups in total. The van der Waals surface area contributed by atoms with Gasteiger partial charge < -0.3 is 0 Å². The van der Waals surface area contributed by atoms with Crippen molar-refractivity contribution >= 4 is 52.5 Å². The van der Waals surface area contributed by atoms with Crippen LogP contribution in [0.2, 0.25) is 0 Å². The van der Waals surface area contributed by atoms with Crippen molar-refractivity contribution in [2.24, 2.45) is 0 Å². The van der Waals surface area contributed by atoms with Gasteiger partial charge in [0.2, 0.25) is 10.0 Å². The molecule has 182 valence electrons. The van der Waals surface area contributed by atoms with E-state index in [0.29, 0.717) is 21.9 Å². The minimum atomic E-state index is -3.74. The van der Waals surface area contributed by atoms with Crippen LogP contribution in [0.1, 0.15) is 22.8 Å². The molecule has 0 saturated carbocycles. The molecule has 11 heteroatoms. The summed E-state index contributed by atoms with van der Waals surface area (Å²) in [7, 11) is -7.10. The first-order chi connectivity index (χ1) is 16.6. The molecule has 4 aromatic rings. The normalized spacial score (nSPS) is 12.2. The van der Waals surface area contributed by atoms with Crippen LogP contribution >= 0.6 is 11.3 Å². The Labute approximate surface area is 208 Å². The summed E-state index contributed by atoms with van der Waals surface area (Å²) in [4.78, 5) is 17.3. The Morgan fingerprint density at radius 2 is 1.60 bits per heavy atom. The Kier molecular flexibility index (Phi) is 7.04. The highest BCUT2D eigenvalue weighted by atomic mass is 32.2. The van der Waals surface area contributed by atoms with Crippen molar-refractivity contribution in [1.82, 2.24) is 9.29 Å². The van der Waals surface area contributed by atoms with Gasteiger partial charge in [0, 0.05) is 24.9 Å². The number of thiazole rings is 1. The number of carbonyl (C=O) groups is 1. The quantitative estimate of drug-likeness (QED) is 0.367. The van der Waals surface area contributed by atoms with Crippen molar-refractivity contribution in [3.8, 4) is 0 Å². The number of sulfone groups is 1. The van der Waals surface area contributed by atoms with Crippen molar-refractivity contribution in [2.45, 2.75) is 23.3 Å². The number of amides is 1. The van der Waals surface area contributed by atoms with E-state index >= 15 is 0 Å². The van der Waals surface area contributed by atoms with Crippen molar-refractivity contribution in [3.63, 3.8) is 0 Å². The molecule has 0 spiro atoms. The summed E-state index contributed by atoms with van der Waals surface area (Å²) in [6.45, 7) is 2.33. The molecule has 0 aliphatic carbocycles. The number of aromatic nitrogens is 1. The van der Waals surface area contributed by atoms with Crippen LogP contribution in [0.5, 0.6) is 0 Å². The van der Waals surface area contributed by atoms with Gasteiger partial charge in [-0.05, 0) is 48.0 Å². The summed E-state index contributed by atoms with van der Waals surface area (Å²) in [5.74, 6) is -0.451. The van der Waals surface area contributed by atoms with Gasteiger partial charge in [0.15, 0.2) is 15.0 Å². The van der Waals surface area contributed by atoms with E-state index in [1.807, 2.05) is 30.3 Å². The third-order valence-corrected chi connectivity index (χ3v) is 9.30. The van der Waals surface area contributed by atoms with E-state index in [9.17, 15) is 21.6 Å². The molecule has 0 aliphatic heterocycles. The molecule has 1 amide bonds. The predicted molar refractivity (Wildman–Crippen MR) is 137 cm³/mol. The Balaban J connectivity index is 1.50. The lowest BCUT2D eigenvalue weighted by Crippen LogP contribution is -2.30. The molecule has 0 fully saturated rings. The number of fused-ring (bicyclic) bond motifs is 1. The number of sulfonamides is 1. The molecular formula is C24H23N3O5S3. The second-order valence-corrected chi connectivity index (χ2v) is 12.8. The lowest BCUT2D eigenvalue weighted by molar-refractivity contribution is 0.102. The molecular weight excluding hydrogens is 506 g/mol. The van der Waals surface area contributed by atoms with Gasteiger partial charge in [-0.25, -0.2) is 21.8 Å². The van der Waals surface area contributed by atoms with E-state index in [2.05, 4.69) is 10.3 Å². The molecule has 35 heavy (non-hydrogen) atoms. The molecule has 0 atom stereocenters. The Bertz CT molecular complexity index is 1580. The minimum Gasteiger partial charge on any atom is -0.298 e. The number of benzene rings is 3. The molecule has 3 aromatic carbocycles. The van der Waals surface area contributed by atoms with Gasteiger partial charge in [0.05, 0.1) is 20.0 Å². The fourth-order valence-corrected chi connectivity index (χ4v) is 6.50. The summed E-state index contributed by atoms with van der Waals surface area (Å²) in [5.41, 5.74) is 1.72. The first kappa shape index (κ1) is 25.0. The monoisotopic (exact) mass is 529 g/mol. The van der Waals surface area contributed by atoms with Gasteiger partial charge in [0.25, 0.3) is 5.91 Å². The molecule has 0 aliphatic rings. The van der Waals surface area contributed by atoms with Crippen LogP contribution in [0.4, 0.5) is 5.13 Å². The first-order valence-electron chi connectivity index (χ1n) is 10.6. The average molecular weight is 530 g/mol. The lowest BCUT2D eigenvalue weighted by atomic mass is 10.2. The highest BCUT2D eigenvalue weighted by Gasteiger charge is 2.23. The number of nitrogens with zero attached hydrogens (tertiary/aromatic N) is 2. The van der Waals surface area contributed by atoms with E-state index in [1.54, 1.807) is 13.0 Å². The van der Waals surface area contributed by atoms with Crippen molar-refractivity contribution in [2.75, 3.05) is 18.1 Å². The van der Waals surface area contributed by atoms with Gasteiger partial charge in [0.1, 0.15) is 0 Å². The number of rotatable bonds is 8. The molecule has 0 saturated heterocycles. The second kappa shape index (κ2) is 9.86. The van der Waals surface area contributed by atoms with Gasteiger partial charge >= 0.3 is 0 Å². The topological polar surface area (TPSA) is 114 Å². The smallest absolute Gasteiger partial charge is 0.257 e. The van der Waals surface area contributed by atoms with Crippen LogP contribution in [0.3, 0.4) is 0 Å². The summed E-state index contributed by atoms with van der Waals surface area (Å²) in [5, 5.41) is 3.00. The van der Waals surface area contributed by atoms with Crippen LogP contribution in [-0.4, -0.2) is 44.8 Å². The van der Waals surface area contributed by atoms with Crippen LogP contribution in [0.15, 0.2) is 82.6 Å². The Hall–Kier alpha value is -3.12. The van der Waals surface area contributed by atoms with Gasteiger partial charge in [-0.2, -0.15) is 4.31 Å². The molecule has 1 aromatic heterocycles. The fraction of sp³-hybridized carbons (Fsp3) is 0.167.